The number of imide groups is 1. The maximum absolute atomic E-state index is 11.1. The van der Waals surface area contributed by atoms with E-state index < -0.39 is 0 Å². The molecule has 1 saturated heterocycles. The SMILES string of the molecule is CC1CC(=O)N(CC#N)C1=O. The van der Waals surface area contributed by atoms with Gasteiger partial charge in [-0.1, -0.05) is 6.92 Å². The molecule has 0 aliphatic carbocycles. The highest BCUT2D eigenvalue weighted by molar-refractivity contribution is 6.03. The lowest BCUT2D eigenvalue weighted by Crippen LogP contribution is -2.30. The summed E-state index contributed by atoms with van der Waals surface area (Å²) >= 11 is 0. The van der Waals surface area contributed by atoms with E-state index in [0.717, 1.165) is 4.90 Å². The predicted octanol–water partition coefficient (Wildman–Crippen LogP) is -0.0950. The zero-order valence-corrected chi connectivity index (χ0v) is 6.20. The van der Waals surface area contributed by atoms with Crippen molar-refractivity contribution in [3.8, 4) is 6.07 Å². The van der Waals surface area contributed by atoms with Gasteiger partial charge in [0.1, 0.15) is 6.54 Å². The van der Waals surface area contributed by atoms with Crippen LogP contribution in [0.3, 0.4) is 0 Å². The largest absolute Gasteiger partial charge is 0.274 e. The molecule has 1 heterocycles. The molecule has 0 aromatic carbocycles. The number of hydrogen-bond donors (Lipinski definition) is 0. The van der Waals surface area contributed by atoms with Gasteiger partial charge in [0.2, 0.25) is 11.8 Å². The Bertz CT molecular complexity index is 241. The van der Waals surface area contributed by atoms with Crippen LogP contribution >= 0.6 is 0 Å². The van der Waals surface area contributed by atoms with Crippen molar-refractivity contribution < 1.29 is 9.59 Å². The normalized spacial score (nSPS) is 24.0. The van der Waals surface area contributed by atoms with Crippen LogP contribution in [0.25, 0.3) is 0 Å². The Balaban J connectivity index is 2.73. The predicted molar refractivity (Wildman–Crippen MR) is 36.1 cm³/mol. The summed E-state index contributed by atoms with van der Waals surface area (Å²) in [6.07, 6.45) is 0.251. The molecular weight excluding hydrogens is 144 g/mol. The highest BCUT2D eigenvalue weighted by atomic mass is 16.2. The van der Waals surface area contributed by atoms with Crippen molar-refractivity contribution in [1.82, 2.24) is 4.90 Å². The molecule has 0 N–H and O–H groups in total. The summed E-state index contributed by atoms with van der Waals surface area (Å²) in [5.41, 5.74) is 0. The van der Waals surface area contributed by atoms with Gasteiger partial charge in [0.05, 0.1) is 6.07 Å². The van der Waals surface area contributed by atoms with Crippen LogP contribution in [0.4, 0.5) is 0 Å². The second-order valence-electron chi connectivity index (χ2n) is 2.58. The first kappa shape index (κ1) is 7.73. The molecule has 1 fully saturated rings. The molecule has 0 spiro atoms. The van der Waals surface area contributed by atoms with Crippen molar-refractivity contribution in [2.45, 2.75) is 13.3 Å². The Labute approximate surface area is 64.4 Å². The number of rotatable bonds is 1. The van der Waals surface area contributed by atoms with Crippen LogP contribution in [-0.4, -0.2) is 23.3 Å². The summed E-state index contributed by atoms with van der Waals surface area (Å²) in [5, 5.41) is 8.25. The summed E-state index contributed by atoms with van der Waals surface area (Å²) in [5.74, 6) is -0.698. The summed E-state index contributed by atoms with van der Waals surface area (Å²) in [4.78, 5) is 23.0. The monoisotopic (exact) mass is 152 g/mol. The number of likely N-dealkylation sites (tertiary alicyclic amines) is 1. The highest BCUT2D eigenvalue weighted by Crippen LogP contribution is 2.17. The molecule has 0 bridgehead atoms. The smallest absolute Gasteiger partial charge is 0.233 e. The molecule has 11 heavy (non-hydrogen) atoms. The molecule has 0 radical (unpaired) electrons. The minimum atomic E-state index is -0.240. The summed E-state index contributed by atoms with van der Waals surface area (Å²) in [7, 11) is 0. The molecule has 0 aromatic heterocycles. The van der Waals surface area contributed by atoms with Crippen molar-refractivity contribution in [2.24, 2.45) is 5.92 Å². The first-order chi connectivity index (χ1) is 5.16. The first-order valence-electron chi connectivity index (χ1n) is 3.38. The second kappa shape index (κ2) is 2.70. The fraction of sp³-hybridized carbons (Fsp3) is 0.571. The lowest BCUT2D eigenvalue weighted by Gasteiger charge is -2.07. The van der Waals surface area contributed by atoms with Crippen LogP contribution in [0.2, 0.25) is 0 Å². The quantitative estimate of drug-likeness (QED) is 0.389. The van der Waals surface area contributed by atoms with Gasteiger partial charge in [-0.15, -0.1) is 0 Å². The molecule has 0 saturated carbocycles. The minimum absolute atomic E-state index is 0.109. The number of carbonyl (C=O) groups is 2. The van der Waals surface area contributed by atoms with Gasteiger partial charge in [-0.25, -0.2) is 0 Å². The molecular formula is C7H8N2O2. The van der Waals surface area contributed by atoms with Gasteiger partial charge in [-0.2, -0.15) is 5.26 Å². The maximum atomic E-state index is 11.1. The summed E-state index contributed by atoms with van der Waals surface area (Å²) in [6, 6.07) is 1.78. The van der Waals surface area contributed by atoms with E-state index in [-0.39, 0.29) is 30.7 Å². The number of hydrogen-bond acceptors (Lipinski definition) is 3. The number of amides is 2. The molecule has 4 heteroatoms. The zero-order chi connectivity index (χ0) is 8.43. The molecule has 1 atom stereocenters. The van der Waals surface area contributed by atoms with Crippen molar-refractivity contribution in [2.75, 3.05) is 6.54 Å². The van der Waals surface area contributed by atoms with E-state index in [4.69, 9.17) is 5.26 Å². The van der Waals surface area contributed by atoms with Gasteiger partial charge < -0.3 is 0 Å². The van der Waals surface area contributed by atoms with Crippen molar-refractivity contribution in [3.05, 3.63) is 0 Å². The first-order valence-corrected chi connectivity index (χ1v) is 3.38. The Hall–Kier alpha value is -1.37. The maximum Gasteiger partial charge on any atom is 0.233 e. The standard InChI is InChI=1S/C7H8N2O2/c1-5-4-6(10)9(3-2-8)7(5)11/h5H,3-4H2,1H3. The Morgan fingerprint density at radius 1 is 1.73 bits per heavy atom. The van der Waals surface area contributed by atoms with E-state index in [1.54, 1.807) is 13.0 Å². The van der Waals surface area contributed by atoms with Gasteiger partial charge in [0, 0.05) is 12.3 Å². The van der Waals surface area contributed by atoms with E-state index in [2.05, 4.69) is 0 Å². The van der Waals surface area contributed by atoms with Gasteiger partial charge in [0.25, 0.3) is 0 Å². The Kier molecular flexibility index (Phi) is 1.90. The van der Waals surface area contributed by atoms with E-state index in [9.17, 15) is 9.59 Å². The second-order valence-corrected chi connectivity index (χ2v) is 2.58. The Morgan fingerprint density at radius 3 is 2.73 bits per heavy atom. The molecule has 4 nitrogen and oxygen atoms in total. The molecule has 58 valence electrons. The van der Waals surface area contributed by atoms with Crippen molar-refractivity contribution >= 4 is 11.8 Å². The van der Waals surface area contributed by atoms with Crippen LogP contribution in [0.15, 0.2) is 0 Å². The van der Waals surface area contributed by atoms with Gasteiger partial charge >= 0.3 is 0 Å². The highest BCUT2D eigenvalue weighted by Gasteiger charge is 2.34. The van der Waals surface area contributed by atoms with Gasteiger partial charge in [0.15, 0.2) is 0 Å². The summed E-state index contributed by atoms with van der Waals surface area (Å²) in [6.45, 7) is 1.58. The lowest BCUT2D eigenvalue weighted by atomic mass is 10.1. The van der Waals surface area contributed by atoms with Gasteiger partial charge in [-0.05, 0) is 0 Å². The van der Waals surface area contributed by atoms with E-state index >= 15 is 0 Å². The molecule has 1 unspecified atom stereocenters. The van der Waals surface area contributed by atoms with E-state index in [1.807, 2.05) is 0 Å². The number of nitrogens with zero attached hydrogens (tertiary/aromatic N) is 2. The number of nitriles is 1. The van der Waals surface area contributed by atoms with E-state index in [0.29, 0.717) is 0 Å². The minimum Gasteiger partial charge on any atom is -0.274 e. The van der Waals surface area contributed by atoms with Crippen LogP contribution in [0.5, 0.6) is 0 Å². The van der Waals surface area contributed by atoms with Crippen LogP contribution in [0.1, 0.15) is 13.3 Å². The molecule has 0 aromatic rings. The zero-order valence-electron chi connectivity index (χ0n) is 6.20. The topological polar surface area (TPSA) is 61.2 Å². The fourth-order valence-corrected chi connectivity index (χ4v) is 1.09. The number of carbonyl (C=O) groups excluding carboxylic acids is 2. The Morgan fingerprint density at radius 2 is 2.36 bits per heavy atom. The average Bonchev–Trinajstić information content (AvgIpc) is 2.17. The third kappa shape index (κ3) is 1.22. The van der Waals surface area contributed by atoms with Crippen molar-refractivity contribution in [3.63, 3.8) is 0 Å². The third-order valence-electron chi connectivity index (χ3n) is 1.70. The third-order valence-corrected chi connectivity index (χ3v) is 1.70. The summed E-state index contributed by atoms with van der Waals surface area (Å²) < 4.78 is 0. The fourth-order valence-electron chi connectivity index (χ4n) is 1.09. The van der Waals surface area contributed by atoms with Crippen LogP contribution in [0, 0.1) is 17.2 Å². The molecule has 2 amide bonds. The van der Waals surface area contributed by atoms with Crippen LogP contribution < -0.4 is 0 Å². The molecule has 1 aliphatic rings. The molecule has 1 rings (SSSR count). The van der Waals surface area contributed by atoms with E-state index in [1.165, 1.54) is 0 Å². The molecule has 1 aliphatic heterocycles. The van der Waals surface area contributed by atoms with Gasteiger partial charge in [-0.3, -0.25) is 14.5 Å². The average molecular weight is 152 g/mol. The van der Waals surface area contributed by atoms with Crippen LogP contribution in [-0.2, 0) is 9.59 Å². The van der Waals surface area contributed by atoms with Crippen molar-refractivity contribution in [1.29, 1.82) is 5.26 Å². The lowest BCUT2D eigenvalue weighted by molar-refractivity contribution is -0.138.